The quantitative estimate of drug-likeness (QED) is 0.636. The number of hydrogen-bond donors (Lipinski definition) is 2. The van der Waals surface area contributed by atoms with Gasteiger partial charge in [-0.2, -0.15) is 0 Å². The van der Waals surface area contributed by atoms with Gasteiger partial charge in [0.05, 0.1) is 18.4 Å². The van der Waals surface area contributed by atoms with Crippen molar-refractivity contribution in [1.82, 2.24) is 0 Å². The maximum Gasteiger partial charge on any atom is 0.123 e. The minimum atomic E-state index is -0.564. The van der Waals surface area contributed by atoms with Crippen molar-refractivity contribution in [3.05, 3.63) is 24.2 Å². The second-order valence-corrected chi connectivity index (χ2v) is 2.28. The molecule has 0 radical (unpaired) electrons. The van der Waals surface area contributed by atoms with Crippen LogP contribution in [0.15, 0.2) is 22.8 Å². The van der Waals surface area contributed by atoms with Crippen molar-refractivity contribution in [3.63, 3.8) is 0 Å². The van der Waals surface area contributed by atoms with Crippen LogP contribution in [0, 0.1) is 0 Å². The highest BCUT2D eigenvalue weighted by molar-refractivity contribution is 5.04. The van der Waals surface area contributed by atoms with Crippen molar-refractivity contribution in [2.45, 2.75) is 19.1 Å². The number of aliphatic hydroxyl groups excluding tert-OH is 1. The van der Waals surface area contributed by atoms with Crippen molar-refractivity contribution in [2.24, 2.45) is 5.73 Å². The van der Waals surface area contributed by atoms with E-state index >= 15 is 0 Å². The SMILES string of the molecule is CC(O)C(N)c1ccco1. The number of hydrogen-bond acceptors (Lipinski definition) is 3. The molecular formula is C7H11NO2. The lowest BCUT2D eigenvalue weighted by Crippen LogP contribution is -2.22. The molecule has 2 unspecified atom stereocenters. The average molecular weight is 141 g/mol. The Hall–Kier alpha value is -0.800. The summed E-state index contributed by atoms with van der Waals surface area (Å²) >= 11 is 0. The summed E-state index contributed by atoms with van der Waals surface area (Å²) in [6.45, 7) is 1.63. The van der Waals surface area contributed by atoms with Gasteiger partial charge in [0.15, 0.2) is 0 Å². The van der Waals surface area contributed by atoms with Gasteiger partial charge >= 0.3 is 0 Å². The molecule has 0 amide bonds. The normalized spacial score (nSPS) is 16.7. The molecule has 0 bridgehead atoms. The Kier molecular flexibility index (Phi) is 2.09. The number of furan rings is 1. The third-order valence-corrected chi connectivity index (χ3v) is 1.39. The fraction of sp³-hybridized carbons (Fsp3) is 0.429. The lowest BCUT2D eigenvalue weighted by molar-refractivity contribution is 0.153. The van der Waals surface area contributed by atoms with Gasteiger partial charge in [0.1, 0.15) is 5.76 Å². The molecule has 0 saturated heterocycles. The summed E-state index contributed by atoms with van der Waals surface area (Å²) in [6, 6.07) is 3.09. The average Bonchev–Trinajstić information content (AvgIpc) is 2.36. The molecule has 1 aromatic rings. The molecule has 3 N–H and O–H groups in total. The maximum atomic E-state index is 9.01. The van der Waals surface area contributed by atoms with Crippen molar-refractivity contribution in [2.75, 3.05) is 0 Å². The van der Waals surface area contributed by atoms with Gasteiger partial charge < -0.3 is 15.3 Å². The second-order valence-electron chi connectivity index (χ2n) is 2.28. The van der Waals surface area contributed by atoms with E-state index in [4.69, 9.17) is 15.3 Å². The first kappa shape index (κ1) is 7.31. The lowest BCUT2D eigenvalue weighted by Gasteiger charge is -2.10. The number of aliphatic hydroxyl groups is 1. The van der Waals surface area contributed by atoms with E-state index in [1.807, 2.05) is 0 Å². The predicted octanol–water partition coefficient (Wildman–Crippen LogP) is 0.660. The zero-order valence-corrected chi connectivity index (χ0v) is 5.82. The molecule has 0 saturated carbocycles. The fourth-order valence-electron chi connectivity index (χ4n) is 0.719. The highest BCUT2D eigenvalue weighted by Crippen LogP contribution is 2.13. The van der Waals surface area contributed by atoms with Gasteiger partial charge in [-0.15, -0.1) is 0 Å². The molecule has 2 atom stereocenters. The summed E-state index contributed by atoms with van der Waals surface area (Å²) < 4.78 is 4.97. The van der Waals surface area contributed by atoms with Crippen LogP contribution in [0.25, 0.3) is 0 Å². The zero-order valence-electron chi connectivity index (χ0n) is 5.82. The van der Waals surface area contributed by atoms with Gasteiger partial charge in [-0.25, -0.2) is 0 Å². The Morgan fingerprint density at radius 3 is 2.80 bits per heavy atom. The zero-order chi connectivity index (χ0) is 7.56. The van der Waals surface area contributed by atoms with Crippen LogP contribution in [0.1, 0.15) is 18.7 Å². The van der Waals surface area contributed by atoms with Crippen molar-refractivity contribution in [1.29, 1.82) is 0 Å². The Balaban J connectivity index is 2.68. The van der Waals surface area contributed by atoms with Crippen LogP contribution in [0.3, 0.4) is 0 Å². The fourth-order valence-corrected chi connectivity index (χ4v) is 0.719. The standard InChI is InChI=1S/C7H11NO2/c1-5(9)7(8)6-3-2-4-10-6/h2-5,7,9H,8H2,1H3. The molecule has 1 heterocycles. The van der Waals surface area contributed by atoms with Crippen LogP contribution in [0.2, 0.25) is 0 Å². The molecule has 56 valence electrons. The highest BCUT2D eigenvalue weighted by atomic mass is 16.3. The first-order chi connectivity index (χ1) is 4.72. The third kappa shape index (κ3) is 1.37. The minimum absolute atomic E-state index is 0.407. The van der Waals surface area contributed by atoms with Crippen molar-refractivity contribution < 1.29 is 9.52 Å². The Bertz CT molecular complexity index is 181. The van der Waals surface area contributed by atoms with E-state index in [0.29, 0.717) is 5.76 Å². The first-order valence-electron chi connectivity index (χ1n) is 3.19. The first-order valence-corrected chi connectivity index (χ1v) is 3.19. The predicted molar refractivity (Wildman–Crippen MR) is 37.3 cm³/mol. The molecule has 0 fully saturated rings. The molecule has 0 aliphatic heterocycles. The summed E-state index contributed by atoms with van der Waals surface area (Å²) in [5, 5.41) is 9.01. The molecule has 3 heteroatoms. The van der Waals surface area contributed by atoms with E-state index < -0.39 is 12.1 Å². The van der Waals surface area contributed by atoms with Crippen molar-refractivity contribution in [3.8, 4) is 0 Å². The molecule has 3 nitrogen and oxygen atoms in total. The van der Waals surface area contributed by atoms with Crippen LogP contribution in [0.4, 0.5) is 0 Å². The van der Waals surface area contributed by atoms with Gasteiger partial charge in [-0.3, -0.25) is 0 Å². The van der Waals surface area contributed by atoms with E-state index in [9.17, 15) is 0 Å². The molecule has 0 aromatic carbocycles. The smallest absolute Gasteiger partial charge is 0.123 e. The van der Waals surface area contributed by atoms with Crippen LogP contribution in [-0.4, -0.2) is 11.2 Å². The van der Waals surface area contributed by atoms with Crippen LogP contribution in [-0.2, 0) is 0 Å². The van der Waals surface area contributed by atoms with E-state index in [2.05, 4.69) is 0 Å². The highest BCUT2D eigenvalue weighted by Gasteiger charge is 2.13. The third-order valence-electron chi connectivity index (χ3n) is 1.39. The summed E-state index contributed by atoms with van der Waals surface area (Å²) in [4.78, 5) is 0. The molecule has 1 rings (SSSR count). The molecule has 0 aliphatic carbocycles. The monoisotopic (exact) mass is 141 g/mol. The van der Waals surface area contributed by atoms with E-state index in [1.165, 1.54) is 6.26 Å². The largest absolute Gasteiger partial charge is 0.468 e. The number of rotatable bonds is 2. The maximum absolute atomic E-state index is 9.01. The van der Waals surface area contributed by atoms with Crippen molar-refractivity contribution >= 4 is 0 Å². The summed E-state index contributed by atoms with van der Waals surface area (Å²) in [5.41, 5.74) is 5.54. The topological polar surface area (TPSA) is 59.4 Å². The Labute approximate surface area is 59.5 Å². The summed E-state index contributed by atoms with van der Waals surface area (Å²) in [6.07, 6.45) is 0.976. The van der Waals surface area contributed by atoms with Crippen LogP contribution < -0.4 is 5.73 Å². The van der Waals surface area contributed by atoms with Gasteiger partial charge in [0.2, 0.25) is 0 Å². The van der Waals surface area contributed by atoms with Crippen LogP contribution in [0.5, 0.6) is 0 Å². The second kappa shape index (κ2) is 2.86. The molecule has 1 aromatic heterocycles. The summed E-state index contributed by atoms with van der Waals surface area (Å²) in [5.74, 6) is 0.620. The van der Waals surface area contributed by atoms with Gasteiger partial charge in [-0.05, 0) is 19.1 Å². The van der Waals surface area contributed by atoms with Gasteiger partial charge in [0, 0.05) is 0 Å². The minimum Gasteiger partial charge on any atom is -0.468 e. The molecular weight excluding hydrogens is 130 g/mol. The Morgan fingerprint density at radius 2 is 2.40 bits per heavy atom. The molecule has 0 aliphatic rings. The summed E-state index contributed by atoms with van der Waals surface area (Å²) in [7, 11) is 0. The number of nitrogens with two attached hydrogens (primary N) is 1. The van der Waals surface area contributed by atoms with E-state index in [1.54, 1.807) is 19.1 Å². The Morgan fingerprint density at radius 1 is 1.70 bits per heavy atom. The van der Waals surface area contributed by atoms with Gasteiger partial charge in [0.25, 0.3) is 0 Å². The molecule has 0 spiro atoms. The van der Waals surface area contributed by atoms with Crippen LogP contribution >= 0.6 is 0 Å². The van der Waals surface area contributed by atoms with E-state index in [-0.39, 0.29) is 0 Å². The molecule has 10 heavy (non-hydrogen) atoms. The van der Waals surface area contributed by atoms with E-state index in [0.717, 1.165) is 0 Å². The van der Waals surface area contributed by atoms with Gasteiger partial charge in [-0.1, -0.05) is 0 Å². The lowest BCUT2D eigenvalue weighted by atomic mass is 10.1.